The van der Waals surface area contributed by atoms with Crippen LogP contribution >= 0.6 is 0 Å². The summed E-state index contributed by atoms with van der Waals surface area (Å²) in [5.74, 6) is -0.132. The van der Waals surface area contributed by atoms with Gasteiger partial charge in [-0.05, 0) is 24.8 Å². The summed E-state index contributed by atoms with van der Waals surface area (Å²) in [4.78, 5) is 11.7. The molecule has 104 valence electrons. The number of carbonyl (C=O) groups excluding carboxylic acids is 1. The summed E-state index contributed by atoms with van der Waals surface area (Å²) < 4.78 is 5.28. The van der Waals surface area contributed by atoms with E-state index in [1.807, 2.05) is 6.07 Å². The number of hydrogen-bond donors (Lipinski definition) is 2. The maximum absolute atomic E-state index is 11.7. The molecule has 2 rings (SSSR count). The highest BCUT2D eigenvalue weighted by atomic mass is 16.5. The third kappa shape index (κ3) is 5.01. The largest absolute Gasteiger partial charge is 0.464 e. The molecule has 0 aliphatic carbocycles. The maximum Gasteiger partial charge on any atom is 0.324 e. The van der Waals surface area contributed by atoms with Crippen molar-refractivity contribution >= 4 is 5.97 Å². The molecule has 1 aromatic carbocycles. The van der Waals surface area contributed by atoms with Gasteiger partial charge in [-0.25, -0.2) is 0 Å². The minimum absolute atomic E-state index is 0.132. The van der Waals surface area contributed by atoms with E-state index >= 15 is 0 Å². The lowest BCUT2D eigenvalue weighted by atomic mass is 10.1. The Balaban J connectivity index is 1.55. The minimum Gasteiger partial charge on any atom is -0.464 e. The number of benzene rings is 1. The van der Waals surface area contributed by atoms with E-state index in [1.54, 1.807) is 0 Å². The van der Waals surface area contributed by atoms with Crippen LogP contribution in [0.25, 0.3) is 0 Å². The predicted molar refractivity (Wildman–Crippen MR) is 75.0 cm³/mol. The Kier molecular flexibility index (Phi) is 5.85. The van der Waals surface area contributed by atoms with Gasteiger partial charge in [0.2, 0.25) is 0 Å². The van der Waals surface area contributed by atoms with Crippen molar-refractivity contribution in [1.29, 1.82) is 0 Å². The molecule has 19 heavy (non-hydrogen) atoms. The van der Waals surface area contributed by atoms with Crippen LogP contribution in [-0.4, -0.2) is 38.3 Å². The lowest BCUT2D eigenvalue weighted by Gasteiger charge is -2.22. The highest BCUT2D eigenvalue weighted by Crippen LogP contribution is 2.04. The molecule has 4 heteroatoms. The van der Waals surface area contributed by atoms with Crippen LogP contribution in [0.1, 0.15) is 18.4 Å². The van der Waals surface area contributed by atoms with Gasteiger partial charge in [-0.2, -0.15) is 0 Å². The summed E-state index contributed by atoms with van der Waals surface area (Å²) in [6.07, 6.45) is 3.01. The molecule has 1 fully saturated rings. The smallest absolute Gasteiger partial charge is 0.324 e. The van der Waals surface area contributed by atoms with Gasteiger partial charge < -0.3 is 15.4 Å². The molecule has 1 atom stereocenters. The first-order valence-electron chi connectivity index (χ1n) is 7.01. The van der Waals surface area contributed by atoms with E-state index < -0.39 is 0 Å². The van der Waals surface area contributed by atoms with Gasteiger partial charge in [-0.3, -0.25) is 4.79 Å². The topological polar surface area (TPSA) is 50.4 Å². The molecular weight excluding hydrogens is 240 g/mol. The van der Waals surface area contributed by atoms with Crippen LogP contribution in [0.3, 0.4) is 0 Å². The molecule has 4 nitrogen and oxygen atoms in total. The Labute approximate surface area is 114 Å². The molecular formula is C15H22N2O2. The Morgan fingerprint density at radius 1 is 1.21 bits per heavy atom. The van der Waals surface area contributed by atoms with E-state index in [1.165, 1.54) is 5.56 Å². The van der Waals surface area contributed by atoms with Crippen LogP contribution in [0.5, 0.6) is 0 Å². The number of rotatable bonds is 6. The number of nitrogens with one attached hydrogen (secondary N) is 2. The molecule has 1 heterocycles. The fourth-order valence-electron chi connectivity index (χ4n) is 2.17. The summed E-state index contributed by atoms with van der Waals surface area (Å²) in [6.45, 7) is 2.93. The first-order valence-corrected chi connectivity index (χ1v) is 7.01. The van der Waals surface area contributed by atoms with E-state index in [0.29, 0.717) is 13.2 Å². The number of aryl methyl sites for hydroxylation is 1. The van der Waals surface area contributed by atoms with Gasteiger partial charge in [-0.1, -0.05) is 30.3 Å². The summed E-state index contributed by atoms with van der Waals surface area (Å²) in [5, 5.41) is 6.32. The van der Waals surface area contributed by atoms with E-state index in [4.69, 9.17) is 4.74 Å². The van der Waals surface area contributed by atoms with Crippen molar-refractivity contribution in [2.24, 2.45) is 0 Å². The molecule has 1 aromatic rings. The highest BCUT2D eigenvalue weighted by molar-refractivity contribution is 5.76. The number of esters is 1. The average molecular weight is 262 g/mol. The standard InChI is InChI=1S/C15H22N2O2/c18-15(14-12-16-9-10-17-14)19-11-5-4-8-13-6-2-1-3-7-13/h1-3,6-7,14,16-17H,4-5,8-12H2. The zero-order chi connectivity index (χ0) is 13.3. The number of piperazine rings is 1. The fraction of sp³-hybridized carbons (Fsp3) is 0.533. The first kappa shape index (κ1) is 14.0. The lowest BCUT2D eigenvalue weighted by molar-refractivity contribution is -0.146. The molecule has 1 saturated heterocycles. The summed E-state index contributed by atoms with van der Waals surface area (Å²) >= 11 is 0. The van der Waals surface area contributed by atoms with Crippen LogP contribution in [0, 0.1) is 0 Å². The lowest BCUT2D eigenvalue weighted by Crippen LogP contribution is -2.52. The second-order valence-electron chi connectivity index (χ2n) is 4.82. The molecule has 0 bridgehead atoms. The van der Waals surface area contributed by atoms with E-state index in [2.05, 4.69) is 34.9 Å². The van der Waals surface area contributed by atoms with E-state index in [0.717, 1.165) is 32.4 Å². The molecule has 0 amide bonds. The summed E-state index contributed by atoms with van der Waals surface area (Å²) in [6, 6.07) is 10.2. The number of carbonyl (C=O) groups is 1. The van der Waals surface area contributed by atoms with Gasteiger partial charge in [0.1, 0.15) is 6.04 Å². The minimum atomic E-state index is -0.178. The van der Waals surface area contributed by atoms with Crippen molar-refractivity contribution < 1.29 is 9.53 Å². The molecule has 1 aliphatic heterocycles. The second kappa shape index (κ2) is 7.92. The Bertz CT molecular complexity index is 375. The number of unbranched alkanes of at least 4 members (excludes halogenated alkanes) is 1. The monoisotopic (exact) mass is 262 g/mol. The van der Waals surface area contributed by atoms with Gasteiger partial charge in [-0.15, -0.1) is 0 Å². The molecule has 1 aliphatic rings. The Morgan fingerprint density at radius 3 is 2.79 bits per heavy atom. The van der Waals surface area contributed by atoms with Crippen molar-refractivity contribution in [1.82, 2.24) is 10.6 Å². The Morgan fingerprint density at radius 2 is 2.05 bits per heavy atom. The van der Waals surface area contributed by atoms with Crippen LogP contribution in [0.15, 0.2) is 30.3 Å². The van der Waals surface area contributed by atoms with E-state index in [-0.39, 0.29) is 12.0 Å². The SMILES string of the molecule is O=C(OCCCCc1ccccc1)C1CNCCN1. The molecule has 0 aromatic heterocycles. The van der Waals surface area contributed by atoms with Crippen LogP contribution in [-0.2, 0) is 16.0 Å². The third-order valence-corrected chi connectivity index (χ3v) is 3.27. The average Bonchev–Trinajstić information content (AvgIpc) is 2.49. The van der Waals surface area contributed by atoms with Crippen molar-refractivity contribution in [3.05, 3.63) is 35.9 Å². The Hall–Kier alpha value is -1.39. The maximum atomic E-state index is 11.7. The van der Waals surface area contributed by atoms with Crippen molar-refractivity contribution in [2.45, 2.75) is 25.3 Å². The second-order valence-corrected chi connectivity index (χ2v) is 4.82. The summed E-state index contributed by atoms with van der Waals surface area (Å²) in [5.41, 5.74) is 1.34. The van der Waals surface area contributed by atoms with Gasteiger partial charge >= 0.3 is 5.97 Å². The number of ether oxygens (including phenoxy) is 1. The van der Waals surface area contributed by atoms with Crippen molar-refractivity contribution in [3.63, 3.8) is 0 Å². The van der Waals surface area contributed by atoms with Gasteiger partial charge in [0.05, 0.1) is 6.61 Å². The molecule has 0 spiro atoms. The van der Waals surface area contributed by atoms with Gasteiger partial charge in [0.25, 0.3) is 0 Å². The zero-order valence-electron chi connectivity index (χ0n) is 11.2. The van der Waals surface area contributed by atoms with Crippen molar-refractivity contribution in [2.75, 3.05) is 26.2 Å². The van der Waals surface area contributed by atoms with Crippen LogP contribution < -0.4 is 10.6 Å². The molecule has 2 N–H and O–H groups in total. The van der Waals surface area contributed by atoms with Gasteiger partial charge in [0.15, 0.2) is 0 Å². The van der Waals surface area contributed by atoms with E-state index in [9.17, 15) is 4.79 Å². The van der Waals surface area contributed by atoms with Crippen LogP contribution in [0.2, 0.25) is 0 Å². The van der Waals surface area contributed by atoms with Gasteiger partial charge in [0, 0.05) is 19.6 Å². The number of hydrogen-bond acceptors (Lipinski definition) is 4. The van der Waals surface area contributed by atoms with Crippen LogP contribution in [0.4, 0.5) is 0 Å². The third-order valence-electron chi connectivity index (χ3n) is 3.27. The highest BCUT2D eigenvalue weighted by Gasteiger charge is 2.21. The normalized spacial score (nSPS) is 19.1. The first-order chi connectivity index (χ1) is 9.36. The fourth-order valence-corrected chi connectivity index (χ4v) is 2.17. The molecule has 0 radical (unpaired) electrons. The zero-order valence-corrected chi connectivity index (χ0v) is 11.2. The quantitative estimate of drug-likeness (QED) is 0.596. The molecule has 0 saturated carbocycles. The predicted octanol–water partition coefficient (Wildman–Crippen LogP) is 1.11. The summed E-state index contributed by atoms with van der Waals surface area (Å²) in [7, 11) is 0. The molecule has 1 unspecified atom stereocenters. The van der Waals surface area contributed by atoms with Crippen molar-refractivity contribution in [3.8, 4) is 0 Å².